The molecular weight excluding hydrogens is 298 g/mol. The third-order valence-corrected chi connectivity index (χ3v) is 13.0. The van der Waals surface area contributed by atoms with Crippen LogP contribution < -0.4 is 0 Å². The summed E-state index contributed by atoms with van der Waals surface area (Å²) >= 11 is 0. The quantitative estimate of drug-likeness (QED) is 0.663. The van der Waals surface area contributed by atoms with Crippen LogP contribution in [0.4, 0.5) is 4.32 Å². The Balaban J connectivity index is 5.81. The molecule has 0 saturated carbocycles. The number of hydrogen-bond acceptors (Lipinski definition) is 2. The van der Waals surface area contributed by atoms with Crippen molar-refractivity contribution in [3.8, 4) is 0 Å². The number of rotatable bonds is 5. The van der Waals surface area contributed by atoms with Crippen molar-refractivity contribution in [2.75, 3.05) is 0 Å². The maximum Gasteiger partial charge on any atom is 0.500 e. The van der Waals surface area contributed by atoms with Gasteiger partial charge in [0.1, 0.15) is 24.7 Å². The molecule has 0 aliphatic heterocycles. The Labute approximate surface area is 130 Å². The number of nitrogens with zero attached hydrogens (tertiary/aromatic N) is 2. The lowest BCUT2D eigenvalue weighted by Gasteiger charge is -2.53. The van der Waals surface area contributed by atoms with Crippen LogP contribution in [0.2, 0.25) is 58.9 Å². The van der Waals surface area contributed by atoms with Crippen LogP contribution in [0.3, 0.4) is 0 Å². The molecule has 0 saturated heterocycles. The molecule has 0 fully saturated rings. The van der Waals surface area contributed by atoms with Crippen LogP contribution in [0.5, 0.6) is 0 Å². The summed E-state index contributed by atoms with van der Waals surface area (Å²) in [5, 5.41) is 0. The predicted molar refractivity (Wildman–Crippen MR) is 100 cm³/mol. The summed E-state index contributed by atoms with van der Waals surface area (Å²) < 4.78 is 20.1. The molecule has 20 heavy (non-hydrogen) atoms. The molecule has 0 aliphatic carbocycles. The molecule has 0 radical (unpaired) electrons. The van der Waals surface area contributed by atoms with Crippen molar-refractivity contribution >= 4 is 32.0 Å². The smallest absolute Gasteiger partial charge is 0.344 e. The van der Waals surface area contributed by atoms with E-state index in [1.807, 2.05) is 0 Å². The Morgan fingerprint density at radius 1 is 0.700 bits per heavy atom. The highest BCUT2D eigenvalue weighted by Gasteiger charge is 2.51. The van der Waals surface area contributed by atoms with Crippen LogP contribution in [-0.4, -0.2) is 46.1 Å². The fourth-order valence-corrected chi connectivity index (χ4v) is 16.0. The maximum absolute atomic E-state index is 15.7. The Bertz CT molecular complexity index is 266. The van der Waals surface area contributed by atoms with Gasteiger partial charge < -0.3 is 8.62 Å². The first kappa shape index (κ1) is 20.6. The van der Waals surface area contributed by atoms with E-state index in [1.54, 1.807) is 0 Å². The summed E-state index contributed by atoms with van der Waals surface area (Å²) in [4.78, 5) is 0. The second-order valence-electron chi connectivity index (χ2n) is 9.73. The van der Waals surface area contributed by atoms with Gasteiger partial charge in [0.2, 0.25) is 0 Å². The minimum Gasteiger partial charge on any atom is -0.344 e. The first-order chi connectivity index (χ1) is 8.40. The van der Waals surface area contributed by atoms with Gasteiger partial charge in [-0.15, -0.1) is 0 Å². The molecule has 0 amide bonds. The monoisotopic (exact) mass is 334 g/mol. The van der Waals surface area contributed by atoms with Gasteiger partial charge in [-0.1, -0.05) is 58.9 Å². The van der Waals surface area contributed by atoms with E-state index in [2.05, 4.69) is 88.3 Å². The van der Waals surface area contributed by atoms with Crippen LogP contribution in [0.15, 0.2) is 0 Å². The summed E-state index contributed by atoms with van der Waals surface area (Å²) in [5.74, 6) is 0. The Kier molecular flexibility index (Phi) is 6.16. The third kappa shape index (κ3) is 5.40. The normalized spacial score (nSPS) is 15.2. The van der Waals surface area contributed by atoms with Crippen LogP contribution in [0.25, 0.3) is 0 Å². The van der Waals surface area contributed by atoms with Gasteiger partial charge in [-0.25, -0.2) is 0 Å². The molecule has 0 bridgehead atoms. The van der Waals surface area contributed by atoms with Crippen molar-refractivity contribution in [2.45, 2.75) is 85.2 Å². The fraction of sp³-hybridized carbons (Fsp3) is 1.00. The molecule has 0 rings (SSSR count). The second-order valence-corrected chi connectivity index (χ2v) is 24.7. The topological polar surface area (TPSA) is 6.48 Å². The first-order valence-electron chi connectivity index (χ1n) is 7.63. The van der Waals surface area contributed by atoms with Crippen molar-refractivity contribution in [1.29, 1.82) is 0 Å². The Morgan fingerprint density at radius 3 is 1.15 bits per heavy atom. The maximum atomic E-state index is 15.7. The lowest BCUT2D eigenvalue weighted by Crippen LogP contribution is -2.74. The van der Waals surface area contributed by atoms with E-state index in [1.165, 1.54) is 0 Å². The summed E-state index contributed by atoms with van der Waals surface area (Å²) in [6.45, 7) is 26.8. The molecule has 0 aromatic rings. The van der Waals surface area contributed by atoms with E-state index in [0.29, 0.717) is 0 Å². The summed E-state index contributed by atoms with van der Waals surface area (Å²) in [6, 6.07) is 0. The van der Waals surface area contributed by atoms with E-state index in [0.717, 1.165) is 0 Å². The van der Waals surface area contributed by atoms with E-state index in [4.69, 9.17) is 0 Å². The van der Waals surface area contributed by atoms with Crippen molar-refractivity contribution in [3.63, 3.8) is 0 Å². The highest BCUT2D eigenvalue weighted by atomic mass is 28.4. The van der Waals surface area contributed by atoms with Crippen LogP contribution in [0, 0.1) is 0 Å². The second kappa shape index (κ2) is 5.99. The van der Waals surface area contributed by atoms with E-state index < -0.39 is 32.0 Å². The third-order valence-electron chi connectivity index (χ3n) is 3.32. The van der Waals surface area contributed by atoms with Gasteiger partial charge in [0, 0.05) is 0 Å². The van der Waals surface area contributed by atoms with Gasteiger partial charge in [0.25, 0.3) is 0 Å². The molecule has 120 valence electrons. The van der Waals surface area contributed by atoms with Crippen LogP contribution in [-0.2, 0) is 0 Å². The molecule has 0 N–H and O–H groups in total. The van der Waals surface area contributed by atoms with Crippen molar-refractivity contribution in [1.82, 2.24) is 8.62 Å². The van der Waals surface area contributed by atoms with Gasteiger partial charge in [-0.05, 0) is 26.3 Å². The molecule has 0 heterocycles. The van der Waals surface area contributed by atoms with Gasteiger partial charge in [-0.3, -0.25) is 4.32 Å². The molecule has 0 aromatic carbocycles. The minimum atomic E-state index is -1.74. The minimum absolute atomic E-state index is 0.137. The molecule has 7 heteroatoms. The Morgan fingerprint density at radius 2 is 1.00 bits per heavy atom. The highest BCUT2D eigenvalue weighted by Crippen LogP contribution is 2.31. The summed E-state index contributed by atoms with van der Waals surface area (Å²) in [5.41, 5.74) is -0.137. The zero-order chi connectivity index (χ0) is 16.7. The van der Waals surface area contributed by atoms with Crippen LogP contribution >= 0.6 is 0 Å². The molecule has 0 aliphatic rings. The highest BCUT2D eigenvalue weighted by molar-refractivity contribution is 6.99. The van der Waals surface area contributed by atoms with Gasteiger partial charge in [0.15, 0.2) is 0 Å². The van der Waals surface area contributed by atoms with E-state index >= 15 is 4.32 Å². The predicted octanol–water partition coefficient (Wildman–Crippen LogP) is 4.85. The standard InChI is InChI=1S/C13H36BFN2Si3/c1-13(2,3)16(18(4,5)6)14(15)17(19(7,8)9)20(10,11)12/h1-12H3. The molecular formula is C13H36BFN2Si3. The average molecular weight is 335 g/mol. The first-order valence-corrected chi connectivity index (χ1v) is 18.0. The molecule has 2 nitrogen and oxygen atoms in total. The molecule has 0 unspecified atom stereocenters. The van der Waals surface area contributed by atoms with E-state index in [9.17, 15) is 0 Å². The lowest BCUT2D eigenvalue weighted by atomic mass is 9.98. The number of halogens is 1. The van der Waals surface area contributed by atoms with Crippen molar-refractivity contribution < 1.29 is 4.32 Å². The summed E-state index contributed by atoms with van der Waals surface area (Å²) in [7, 11) is -6.10. The zero-order valence-electron chi connectivity index (χ0n) is 15.8. The Hall–Kier alpha value is 0.566. The largest absolute Gasteiger partial charge is 0.500 e. The van der Waals surface area contributed by atoms with E-state index in [-0.39, 0.29) is 5.54 Å². The molecule has 0 spiro atoms. The van der Waals surface area contributed by atoms with Crippen molar-refractivity contribution in [2.24, 2.45) is 0 Å². The number of hydrogen-bond donors (Lipinski definition) is 0. The molecule has 0 atom stereocenters. The lowest BCUT2D eigenvalue weighted by molar-refractivity contribution is 0.323. The van der Waals surface area contributed by atoms with Gasteiger partial charge >= 0.3 is 7.26 Å². The van der Waals surface area contributed by atoms with Crippen LogP contribution in [0.1, 0.15) is 20.8 Å². The van der Waals surface area contributed by atoms with Gasteiger partial charge in [0.05, 0.1) is 0 Å². The van der Waals surface area contributed by atoms with Crippen molar-refractivity contribution in [3.05, 3.63) is 0 Å². The summed E-state index contributed by atoms with van der Waals surface area (Å²) in [6.07, 6.45) is 0. The molecule has 0 aromatic heterocycles. The fourth-order valence-electron chi connectivity index (χ4n) is 3.41. The van der Waals surface area contributed by atoms with Gasteiger partial charge in [-0.2, -0.15) is 0 Å². The SMILES string of the molecule is CC(C)(C)N(B(F)N([Si](C)(C)C)[Si](C)(C)C)[Si](C)(C)C. The average Bonchev–Trinajstić information content (AvgIpc) is 1.88. The zero-order valence-corrected chi connectivity index (χ0v) is 18.8.